The van der Waals surface area contributed by atoms with E-state index >= 15 is 0 Å². The summed E-state index contributed by atoms with van der Waals surface area (Å²) in [6, 6.07) is 0.321. The fourth-order valence-electron chi connectivity index (χ4n) is 2.71. The molecule has 0 spiro atoms. The highest BCUT2D eigenvalue weighted by Gasteiger charge is 2.23. The van der Waals surface area contributed by atoms with Crippen molar-refractivity contribution in [3.8, 4) is 0 Å². The van der Waals surface area contributed by atoms with Crippen molar-refractivity contribution in [3.63, 3.8) is 0 Å². The van der Waals surface area contributed by atoms with Crippen LogP contribution in [0.4, 0.5) is 11.8 Å². The number of allylic oxidation sites excluding steroid dienone is 2. The van der Waals surface area contributed by atoms with Gasteiger partial charge in [0.2, 0.25) is 5.95 Å². The van der Waals surface area contributed by atoms with Gasteiger partial charge in [0.05, 0.1) is 5.69 Å². The van der Waals surface area contributed by atoms with E-state index in [0.717, 1.165) is 23.9 Å². The first-order valence-electron chi connectivity index (χ1n) is 6.73. The van der Waals surface area contributed by atoms with Gasteiger partial charge in [-0.25, -0.2) is 4.98 Å². The summed E-state index contributed by atoms with van der Waals surface area (Å²) in [6.07, 6.45) is 13.3. The summed E-state index contributed by atoms with van der Waals surface area (Å²) in [5, 5.41) is 3.34. The molecule has 3 rings (SSSR count). The highest BCUT2D eigenvalue weighted by molar-refractivity contribution is 5.59. The topological polar surface area (TPSA) is 55.9 Å². The third-order valence-electron chi connectivity index (χ3n) is 3.75. The van der Waals surface area contributed by atoms with E-state index < -0.39 is 0 Å². The Bertz CT molecular complexity index is 498. The Morgan fingerprint density at radius 3 is 3.22 bits per heavy atom. The monoisotopic (exact) mass is 244 g/mol. The van der Waals surface area contributed by atoms with Crippen LogP contribution < -0.4 is 11.1 Å². The lowest BCUT2D eigenvalue weighted by atomic mass is 9.97. The molecule has 96 valence electrons. The summed E-state index contributed by atoms with van der Waals surface area (Å²) in [5.41, 5.74) is 7.29. The number of hydrogen-bond donors (Lipinski definition) is 2. The second kappa shape index (κ2) is 4.52. The minimum absolute atomic E-state index is 0.321. The molecule has 0 bridgehead atoms. The number of nitrogens with one attached hydrogen (secondary N) is 1. The minimum Gasteiger partial charge on any atom is -0.383 e. The van der Waals surface area contributed by atoms with Crippen molar-refractivity contribution in [1.29, 1.82) is 0 Å². The average molecular weight is 244 g/mol. The smallest absolute Gasteiger partial charge is 0.209 e. The number of fused-ring (bicyclic) bond motifs is 1. The van der Waals surface area contributed by atoms with Crippen molar-refractivity contribution in [2.24, 2.45) is 0 Å². The Kier molecular flexibility index (Phi) is 2.86. The molecule has 4 nitrogen and oxygen atoms in total. The Balaban J connectivity index is 1.93. The van der Waals surface area contributed by atoms with Gasteiger partial charge >= 0.3 is 0 Å². The normalized spacial score (nSPS) is 26.5. The minimum atomic E-state index is 0.321. The van der Waals surface area contributed by atoms with Gasteiger partial charge in [0.25, 0.3) is 0 Å². The molecule has 4 heteroatoms. The predicted molar refractivity (Wildman–Crippen MR) is 75.4 cm³/mol. The van der Waals surface area contributed by atoms with E-state index in [2.05, 4.69) is 30.5 Å². The summed E-state index contributed by atoms with van der Waals surface area (Å²) < 4.78 is 1.96. The lowest BCUT2D eigenvalue weighted by Crippen LogP contribution is -2.19. The number of anilines is 2. The third kappa shape index (κ3) is 1.92. The molecular formula is C14H20N4. The second-order valence-electron chi connectivity index (χ2n) is 5.19. The average Bonchev–Trinajstić information content (AvgIpc) is 2.57. The van der Waals surface area contributed by atoms with Crippen LogP contribution in [0.1, 0.15) is 44.2 Å². The molecule has 18 heavy (non-hydrogen) atoms. The van der Waals surface area contributed by atoms with Crippen molar-refractivity contribution in [3.05, 3.63) is 23.9 Å². The van der Waals surface area contributed by atoms with Crippen LogP contribution in [0.25, 0.3) is 6.20 Å². The Labute approximate surface area is 108 Å². The third-order valence-corrected chi connectivity index (χ3v) is 3.75. The molecule has 1 aromatic heterocycles. The molecule has 0 saturated heterocycles. The summed E-state index contributed by atoms with van der Waals surface area (Å²) in [4.78, 5) is 4.71. The maximum atomic E-state index is 6.24. The van der Waals surface area contributed by atoms with E-state index in [0.29, 0.717) is 12.0 Å². The molecule has 0 aromatic carbocycles. The fraction of sp³-hybridized carbons (Fsp3) is 0.500. The number of rotatable bonds is 1. The number of nitrogens with two attached hydrogens (primary N) is 1. The van der Waals surface area contributed by atoms with Crippen LogP contribution in [0.3, 0.4) is 0 Å². The summed E-state index contributed by atoms with van der Waals surface area (Å²) in [6.45, 7) is 2.11. The van der Waals surface area contributed by atoms with Crippen molar-refractivity contribution >= 4 is 18.0 Å². The zero-order chi connectivity index (χ0) is 12.5. The van der Waals surface area contributed by atoms with E-state index in [-0.39, 0.29) is 0 Å². The summed E-state index contributed by atoms with van der Waals surface area (Å²) in [7, 11) is 0. The zero-order valence-electron chi connectivity index (χ0n) is 10.8. The number of nitrogen functional groups attached to an aromatic ring is 1. The molecule has 0 saturated carbocycles. The summed E-state index contributed by atoms with van der Waals surface area (Å²) in [5.74, 6) is 2.14. The van der Waals surface area contributed by atoms with Gasteiger partial charge in [0, 0.05) is 18.2 Å². The van der Waals surface area contributed by atoms with E-state index in [1.807, 2.05) is 10.8 Å². The number of nitrogens with zero attached hydrogens (tertiary/aromatic N) is 2. The quantitative estimate of drug-likeness (QED) is 0.747. The molecule has 1 aliphatic carbocycles. The van der Waals surface area contributed by atoms with Gasteiger partial charge < -0.3 is 11.1 Å². The van der Waals surface area contributed by atoms with Gasteiger partial charge in [-0.2, -0.15) is 0 Å². The molecule has 1 aromatic rings. The molecule has 0 amide bonds. The standard InChI is InChI=1S/C14H20N4/c1-10-8-9-18-13(15)12(17-14(18)16-10)11-6-4-2-3-5-7-11/h2,4,8-11H,3,5-7,15H2,1H3,(H,16,17). The molecule has 2 heterocycles. The maximum absolute atomic E-state index is 6.24. The first kappa shape index (κ1) is 11.4. The van der Waals surface area contributed by atoms with Crippen LogP contribution in [-0.2, 0) is 0 Å². The Hall–Kier alpha value is -1.71. The first-order valence-corrected chi connectivity index (χ1v) is 6.73. The van der Waals surface area contributed by atoms with Gasteiger partial charge in [0.15, 0.2) is 0 Å². The van der Waals surface area contributed by atoms with Crippen molar-refractivity contribution in [2.45, 2.75) is 44.6 Å². The van der Waals surface area contributed by atoms with Crippen LogP contribution in [0.15, 0.2) is 18.2 Å². The number of aromatic nitrogens is 2. The SMILES string of the molecule is CC1C=Cn2c(nc(C3CC=CCCC3)c2N)N1. The van der Waals surface area contributed by atoms with Crippen molar-refractivity contribution < 1.29 is 0 Å². The lowest BCUT2D eigenvalue weighted by molar-refractivity contribution is 0.607. The highest BCUT2D eigenvalue weighted by atomic mass is 15.3. The van der Waals surface area contributed by atoms with Gasteiger partial charge in [0.1, 0.15) is 5.82 Å². The van der Waals surface area contributed by atoms with E-state index in [1.54, 1.807) is 0 Å². The molecule has 3 N–H and O–H groups in total. The Morgan fingerprint density at radius 2 is 2.33 bits per heavy atom. The largest absolute Gasteiger partial charge is 0.383 e. The predicted octanol–water partition coefficient (Wildman–Crippen LogP) is 2.96. The van der Waals surface area contributed by atoms with E-state index in [4.69, 9.17) is 10.7 Å². The lowest BCUT2D eigenvalue weighted by Gasteiger charge is -2.16. The Morgan fingerprint density at radius 1 is 1.44 bits per heavy atom. The van der Waals surface area contributed by atoms with Crippen molar-refractivity contribution in [1.82, 2.24) is 9.55 Å². The molecule has 0 radical (unpaired) electrons. The first-order chi connectivity index (χ1) is 8.75. The molecular weight excluding hydrogens is 224 g/mol. The molecule has 1 aliphatic heterocycles. The molecule has 0 fully saturated rings. The maximum Gasteiger partial charge on any atom is 0.209 e. The number of hydrogen-bond acceptors (Lipinski definition) is 3. The molecule has 2 unspecified atom stereocenters. The van der Waals surface area contributed by atoms with Crippen LogP contribution in [0.5, 0.6) is 0 Å². The fourth-order valence-corrected chi connectivity index (χ4v) is 2.71. The van der Waals surface area contributed by atoms with Crippen LogP contribution in [0, 0.1) is 0 Å². The van der Waals surface area contributed by atoms with Gasteiger partial charge in [-0.05, 0) is 38.7 Å². The van der Waals surface area contributed by atoms with Gasteiger partial charge in [-0.3, -0.25) is 4.57 Å². The molecule has 2 aliphatic rings. The number of imidazole rings is 1. The van der Waals surface area contributed by atoms with Crippen LogP contribution >= 0.6 is 0 Å². The van der Waals surface area contributed by atoms with Gasteiger partial charge in [-0.15, -0.1) is 0 Å². The van der Waals surface area contributed by atoms with Crippen LogP contribution in [-0.4, -0.2) is 15.6 Å². The van der Waals surface area contributed by atoms with Gasteiger partial charge in [-0.1, -0.05) is 12.2 Å². The zero-order valence-corrected chi connectivity index (χ0v) is 10.8. The highest BCUT2D eigenvalue weighted by Crippen LogP contribution is 2.34. The van der Waals surface area contributed by atoms with E-state index in [9.17, 15) is 0 Å². The van der Waals surface area contributed by atoms with Crippen molar-refractivity contribution in [2.75, 3.05) is 11.1 Å². The second-order valence-corrected chi connectivity index (χ2v) is 5.19. The summed E-state index contributed by atoms with van der Waals surface area (Å²) >= 11 is 0. The molecule has 2 atom stereocenters. The van der Waals surface area contributed by atoms with Crippen LogP contribution in [0.2, 0.25) is 0 Å². The van der Waals surface area contributed by atoms with E-state index in [1.165, 1.54) is 19.3 Å².